The van der Waals surface area contributed by atoms with Crippen LogP contribution in [0.4, 0.5) is 0 Å². The molecule has 5 heteroatoms. The average molecular weight is 241 g/mol. The van der Waals surface area contributed by atoms with Gasteiger partial charge in [-0.05, 0) is 18.6 Å². The van der Waals surface area contributed by atoms with Gasteiger partial charge in [-0.3, -0.25) is 0 Å². The van der Waals surface area contributed by atoms with Crippen molar-refractivity contribution in [1.82, 2.24) is 0 Å². The summed E-state index contributed by atoms with van der Waals surface area (Å²) < 4.78 is 0.553. The molecule has 0 amide bonds. The molecular formula is C10H14ClLiO2S. The van der Waals surface area contributed by atoms with Crippen molar-refractivity contribution in [2.75, 3.05) is 0 Å². The fourth-order valence-corrected chi connectivity index (χ4v) is 1.61. The zero-order chi connectivity index (χ0) is 11.1. The van der Waals surface area contributed by atoms with Gasteiger partial charge in [-0.25, -0.2) is 4.79 Å². The van der Waals surface area contributed by atoms with Crippen molar-refractivity contribution < 1.29 is 28.8 Å². The summed E-state index contributed by atoms with van der Waals surface area (Å²) in [6.07, 6.45) is 2.28. The number of hydrogen-bond donors (Lipinski definition) is 1. The van der Waals surface area contributed by atoms with Crippen molar-refractivity contribution in [3.05, 3.63) is 27.8 Å². The number of unbranched alkanes of at least 4 members (excludes halogenated alkanes) is 1. The van der Waals surface area contributed by atoms with E-state index in [-0.39, 0.29) is 18.9 Å². The number of carboxylic acid groups (broad SMARTS) is 1. The van der Waals surface area contributed by atoms with E-state index in [1.54, 1.807) is 13.0 Å². The van der Waals surface area contributed by atoms with Crippen molar-refractivity contribution >= 4 is 28.9 Å². The Hall–Kier alpha value is 0.0574. The van der Waals surface area contributed by atoms with E-state index in [0.717, 1.165) is 23.3 Å². The van der Waals surface area contributed by atoms with Crippen molar-refractivity contribution in [2.24, 2.45) is 0 Å². The molecule has 0 spiro atoms. The Kier molecular flexibility index (Phi) is 10.8. The van der Waals surface area contributed by atoms with Gasteiger partial charge in [0.1, 0.15) is 4.88 Å². The van der Waals surface area contributed by atoms with E-state index in [4.69, 9.17) is 16.7 Å². The molecular weight excluding hydrogens is 227 g/mol. The minimum absolute atomic E-state index is 0. The summed E-state index contributed by atoms with van der Waals surface area (Å²) in [5, 5.41) is 8.47. The Labute approximate surface area is 112 Å². The average Bonchev–Trinajstić information content (AvgIpc) is 2.48. The van der Waals surface area contributed by atoms with Crippen LogP contribution >= 0.6 is 22.9 Å². The largest absolute Gasteiger partial charge is 1.00 e. The maximum atomic E-state index is 10.3. The predicted molar refractivity (Wildman–Crippen MR) is 61.3 cm³/mol. The van der Waals surface area contributed by atoms with E-state index in [1.165, 1.54) is 6.42 Å². The molecule has 0 radical (unpaired) electrons. The van der Waals surface area contributed by atoms with Crippen LogP contribution in [0.3, 0.4) is 0 Å². The minimum Gasteiger partial charge on any atom is -0.477 e. The number of rotatable bonds is 2. The van der Waals surface area contributed by atoms with E-state index in [2.05, 4.69) is 13.8 Å². The van der Waals surface area contributed by atoms with Crippen LogP contribution in [0.15, 0.2) is 6.07 Å². The molecule has 80 valence electrons. The van der Waals surface area contributed by atoms with Crippen LogP contribution in [-0.4, -0.2) is 11.1 Å². The quantitative estimate of drug-likeness (QED) is 0.619. The Morgan fingerprint density at radius 2 is 2.13 bits per heavy atom. The third-order valence-corrected chi connectivity index (χ3v) is 2.96. The van der Waals surface area contributed by atoms with Gasteiger partial charge in [0.05, 0.1) is 4.34 Å². The zero-order valence-electron chi connectivity index (χ0n) is 9.34. The number of thiophene rings is 1. The van der Waals surface area contributed by atoms with Gasteiger partial charge in [-0.2, -0.15) is 6.42 Å². The SMILES string of the molecule is Cc1cc(C(=O)O)sc1Cl.[CH2-]CCC.[Li+]. The molecule has 0 aliphatic heterocycles. The summed E-state index contributed by atoms with van der Waals surface area (Å²) >= 11 is 6.72. The minimum atomic E-state index is -0.917. The Bertz CT molecular complexity index is 278. The molecule has 0 bridgehead atoms. The summed E-state index contributed by atoms with van der Waals surface area (Å²) in [5.41, 5.74) is 0.823. The van der Waals surface area contributed by atoms with Crippen molar-refractivity contribution in [3.8, 4) is 0 Å². The first-order chi connectivity index (χ1) is 6.52. The maximum Gasteiger partial charge on any atom is 1.00 e. The summed E-state index contributed by atoms with van der Waals surface area (Å²) in [5.74, 6) is -0.917. The van der Waals surface area contributed by atoms with E-state index >= 15 is 0 Å². The molecule has 2 nitrogen and oxygen atoms in total. The van der Waals surface area contributed by atoms with E-state index in [0.29, 0.717) is 9.21 Å². The topological polar surface area (TPSA) is 37.3 Å². The van der Waals surface area contributed by atoms with Gasteiger partial charge < -0.3 is 12.0 Å². The Balaban J connectivity index is 0. The number of halogens is 1. The molecule has 1 N–H and O–H groups in total. The number of carbonyl (C=O) groups is 1. The summed E-state index contributed by atoms with van der Waals surface area (Å²) in [6, 6.07) is 1.56. The van der Waals surface area contributed by atoms with E-state index in [1.807, 2.05) is 0 Å². The second-order valence-corrected chi connectivity index (χ2v) is 4.38. The van der Waals surface area contributed by atoms with Gasteiger partial charge in [0.25, 0.3) is 0 Å². The first-order valence-corrected chi connectivity index (χ1v) is 5.50. The maximum absolute atomic E-state index is 10.3. The molecule has 0 atom stereocenters. The second kappa shape index (κ2) is 9.30. The van der Waals surface area contributed by atoms with Gasteiger partial charge in [-0.15, -0.1) is 11.3 Å². The van der Waals surface area contributed by atoms with E-state index < -0.39 is 5.97 Å². The number of aromatic carboxylic acids is 1. The third kappa shape index (κ3) is 7.02. The van der Waals surface area contributed by atoms with Crippen LogP contribution in [0, 0.1) is 13.8 Å². The van der Waals surface area contributed by atoms with Gasteiger partial charge in [0, 0.05) is 0 Å². The van der Waals surface area contributed by atoms with Gasteiger partial charge in [-0.1, -0.05) is 24.9 Å². The van der Waals surface area contributed by atoms with Crippen molar-refractivity contribution in [3.63, 3.8) is 0 Å². The first-order valence-electron chi connectivity index (χ1n) is 4.31. The van der Waals surface area contributed by atoms with Gasteiger partial charge >= 0.3 is 24.8 Å². The fraction of sp³-hybridized carbons (Fsp3) is 0.400. The molecule has 0 fully saturated rings. The second-order valence-electron chi connectivity index (χ2n) is 2.73. The first kappa shape index (κ1) is 17.5. The Morgan fingerprint density at radius 3 is 2.27 bits per heavy atom. The van der Waals surface area contributed by atoms with Gasteiger partial charge in [0.15, 0.2) is 0 Å². The van der Waals surface area contributed by atoms with Crippen LogP contribution in [0.5, 0.6) is 0 Å². The van der Waals surface area contributed by atoms with E-state index in [9.17, 15) is 4.79 Å². The Morgan fingerprint density at radius 1 is 1.67 bits per heavy atom. The third-order valence-electron chi connectivity index (χ3n) is 1.42. The molecule has 0 aromatic carbocycles. The molecule has 1 heterocycles. The summed E-state index contributed by atoms with van der Waals surface area (Å²) in [4.78, 5) is 10.6. The van der Waals surface area contributed by atoms with Crippen LogP contribution < -0.4 is 18.9 Å². The smallest absolute Gasteiger partial charge is 0.477 e. The molecule has 15 heavy (non-hydrogen) atoms. The van der Waals surface area contributed by atoms with Crippen LogP contribution in [0.25, 0.3) is 0 Å². The molecule has 0 saturated heterocycles. The number of aryl methyl sites for hydroxylation is 1. The van der Waals surface area contributed by atoms with Crippen molar-refractivity contribution in [1.29, 1.82) is 0 Å². The zero-order valence-corrected chi connectivity index (χ0v) is 10.9. The molecule has 0 aliphatic carbocycles. The number of hydrogen-bond acceptors (Lipinski definition) is 2. The van der Waals surface area contributed by atoms with Crippen LogP contribution in [-0.2, 0) is 0 Å². The predicted octanol–water partition coefficient (Wildman–Crippen LogP) is 1.03. The number of carboxylic acids is 1. The monoisotopic (exact) mass is 240 g/mol. The normalized spacial score (nSPS) is 8.53. The molecule has 1 aromatic rings. The van der Waals surface area contributed by atoms with Crippen LogP contribution in [0.2, 0.25) is 4.34 Å². The molecule has 0 aliphatic rings. The summed E-state index contributed by atoms with van der Waals surface area (Å²) in [6.45, 7) is 7.51. The fourth-order valence-electron chi connectivity index (χ4n) is 0.565. The van der Waals surface area contributed by atoms with Gasteiger partial charge in [0.2, 0.25) is 0 Å². The molecule has 1 rings (SSSR count). The molecule has 0 unspecified atom stereocenters. The molecule has 1 aromatic heterocycles. The molecule has 0 saturated carbocycles. The standard InChI is InChI=1S/C6H5ClO2S.C4H9.Li/c1-3-2-4(6(8)9)10-5(3)7;1-3-4-2;/h2H,1H3,(H,8,9);1,3-4H2,2H3;/q;-1;+1. The van der Waals surface area contributed by atoms with Crippen molar-refractivity contribution in [2.45, 2.75) is 26.7 Å². The van der Waals surface area contributed by atoms with Crippen LogP contribution in [0.1, 0.15) is 35.0 Å². The summed E-state index contributed by atoms with van der Waals surface area (Å²) in [7, 11) is 0.